The summed E-state index contributed by atoms with van der Waals surface area (Å²) >= 11 is 0. The van der Waals surface area contributed by atoms with Gasteiger partial charge in [-0.25, -0.2) is 0 Å². The lowest BCUT2D eigenvalue weighted by atomic mass is 10.0. The van der Waals surface area contributed by atoms with Gasteiger partial charge in [-0.05, 0) is 103 Å². The van der Waals surface area contributed by atoms with Crippen LogP contribution in [-0.4, -0.2) is 37.2 Å². The van der Waals surface area contributed by atoms with Crippen LogP contribution in [0.4, 0.5) is 0 Å². The SMILES string of the molecule is CC/C=C\C/C=C\C/C=C\C/C=C\C/C=C\C/C=C\CCCCCCCCCCCCCCCCCCC(=O)OCC(COC(=O)CCCCCCCCCC)OC(=O)CCCCCCCCC/C=C\C/C=C\CCCCCC. The van der Waals surface area contributed by atoms with Crippen molar-refractivity contribution >= 4 is 17.9 Å². The highest BCUT2D eigenvalue weighted by atomic mass is 16.6. The van der Waals surface area contributed by atoms with Gasteiger partial charge in [-0.2, -0.15) is 0 Å². The first-order valence-electron chi connectivity index (χ1n) is 33.7. The fourth-order valence-electron chi connectivity index (χ4n) is 9.54. The summed E-state index contributed by atoms with van der Waals surface area (Å²) in [5, 5.41) is 0. The van der Waals surface area contributed by atoms with E-state index in [1.807, 2.05) is 0 Å². The average Bonchev–Trinajstić information content (AvgIpc) is 3.45. The highest BCUT2D eigenvalue weighted by molar-refractivity contribution is 5.71. The molecule has 0 aliphatic carbocycles. The molecule has 0 spiro atoms. The van der Waals surface area contributed by atoms with Gasteiger partial charge in [0.05, 0.1) is 0 Å². The van der Waals surface area contributed by atoms with Crippen molar-refractivity contribution in [3.05, 3.63) is 97.2 Å². The van der Waals surface area contributed by atoms with E-state index in [-0.39, 0.29) is 31.1 Å². The van der Waals surface area contributed by atoms with Crippen LogP contribution in [0.1, 0.15) is 329 Å². The van der Waals surface area contributed by atoms with E-state index in [0.29, 0.717) is 19.3 Å². The number of hydrogen-bond acceptors (Lipinski definition) is 6. The maximum atomic E-state index is 12.9. The molecule has 0 radical (unpaired) electrons. The molecule has 0 bridgehead atoms. The molecule has 0 saturated carbocycles. The van der Waals surface area contributed by atoms with Crippen molar-refractivity contribution in [3.8, 4) is 0 Å². The lowest BCUT2D eigenvalue weighted by Gasteiger charge is -2.18. The van der Waals surface area contributed by atoms with E-state index in [2.05, 4.69) is 118 Å². The highest BCUT2D eigenvalue weighted by Crippen LogP contribution is 2.17. The van der Waals surface area contributed by atoms with Crippen molar-refractivity contribution in [3.63, 3.8) is 0 Å². The van der Waals surface area contributed by atoms with Crippen LogP contribution in [0.5, 0.6) is 0 Å². The smallest absolute Gasteiger partial charge is 0.306 e. The number of rotatable bonds is 61. The zero-order valence-electron chi connectivity index (χ0n) is 52.1. The summed E-state index contributed by atoms with van der Waals surface area (Å²) in [6.07, 6.45) is 90.2. The molecule has 0 fully saturated rings. The minimum absolute atomic E-state index is 0.0762. The zero-order valence-corrected chi connectivity index (χ0v) is 52.1. The van der Waals surface area contributed by atoms with E-state index in [1.54, 1.807) is 0 Å². The van der Waals surface area contributed by atoms with Crippen molar-refractivity contribution < 1.29 is 28.6 Å². The number of unbranched alkanes of at least 4 members (excludes halogenated alkanes) is 34. The van der Waals surface area contributed by atoms with Gasteiger partial charge in [-0.1, -0.05) is 304 Å². The number of carbonyl (C=O) groups excluding carboxylic acids is 3. The van der Waals surface area contributed by atoms with E-state index in [0.717, 1.165) is 109 Å². The van der Waals surface area contributed by atoms with Gasteiger partial charge in [0.2, 0.25) is 0 Å². The number of carbonyl (C=O) groups is 3. The van der Waals surface area contributed by atoms with Gasteiger partial charge in [-0.15, -0.1) is 0 Å². The van der Waals surface area contributed by atoms with Gasteiger partial charge in [0.1, 0.15) is 13.2 Å². The summed E-state index contributed by atoms with van der Waals surface area (Å²) in [7, 11) is 0. The molecule has 0 amide bonds. The van der Waals surface area contributed by atoms with Crippen molar-refractivity contribution in [2.24, 2.45) is 0 Å². The number of allylic oxidation sites excluding steroid dienone is 16. The lowest BCUT2D eigenvalue weighted by molar-refractivity contribution is -0.167. The fourth-order valence-corrected chi connectivity index (χ4v) is 9.54. The maximum Gasteiger partial charge on any atom is 0.306 e. The molecule has 0 aromatic carbocycles. The number of hydrogen-bond donors (Lipinski definition) is 0. The molecule has 0 aliphatic rings. The summed E-state index contributed by atoms with van der Waals surface area (Å²) < 4.78 is 16.9. The summed E-state index contributed by atoms with van der Waals surface area (Å²) in [5.74, 6) is -0.876. The summed E-state index contributed by atoms with van der Waals surface area (Å²) in [4.78, 5) is 38.1. The molecule has 79 heavy (non-hydrogen) atoms. The third-order valence-electron chi connectivity index (χ3n) is 14.6. The predicted molar refractivity (Wildman–Crippen MR) is 344 cm³/mol. The monoisotopic (exact) mass is 1100 g/mol. The van der Waals surface area contributed by atoms with Crippen molar-refractivity contribution in [2.45, 2.75) is 335 Å². The first-order chi connectivity index (χ1) is 39.0. The van der Waals surface area contributed by atoms with Crippen LogP contribution in [0.15, 0.2) is 97.2 Å². The fraction of sp³-hybridized carbons (Fsp3) is 0.740. The first-order valence-corrected chi connectivity index (χ1v) is 33.7. The molecule has 1 atom stereocenters. The van der Waals surface area contributed by atoms with Crippen LogP contribution in [-0.2, 0) is 28.6 Å². The normalized spacial score (nSPS) is 12.7. The first kappa shape index (κ1) is 75.3. The molecule has 1 unspecified atom stereocenters. The van der Waals surface area contributed by atoms with Gasteiger partial charge < -0.3 is 14.2 Å². The molecule has 0 aliphatic heterocycles. The van der Waals surface area contributed by atoms with Crippen molar-refractivity contribution in [2.75, 3.05) is 13.2 Å². The van der Waals surface area contributed by atoms with E-state index in [4.69, 9.17) is 14.2 Å². The van der Waals surface area contributed by atoms with Crippen LogP contribution in [0.2, 0.25) is 0 Å². The minimum atomic E-state index is -0.778. The third-order valence-corrected chi connectivity index (χ3v) is 14.6. The Morgan fingerprint density at radius 1 is 0.266 bits per heavy atom. The Hall–Kier alpha value is -3.67. The lowest BCUT2D eigenvalue weighted by Crippen LogP contribution is -2.30. The topological polar surface area (TPSA) is 78.9 Å². The van der Waals surface area contributed by atoms with Crippen LogP contribution in [0.25, 0.3) is 0 Å². The van der Waals surface area contributed by atoms with Gasteiger partial charge >= 0.3 is 17.9 Å². The Balaban J connectivity index is 4.06. The molecule has 0 aromatic rings. The second-order valence-electron chi connectivity index (χ2n) is 22.4. The van der Waals surface area contributed by atoms with Gasteiger partial charge in [0.25, 0.3) is 0 Å². The minimum Gasteiger partial charge on any atom is -0.462 e. The summed E-state index contributed by atoms with van der Waals surface area (Å²) in [5.41, 5.74) is 0. The largest absolute Gasteiger partial charge is 0.462 e. The van der Waals surface area contributed by atoms with E-state index in [9.17, 15) is 14.4 Å². The molecule has 0 saturated heterocycles. The Bertz CT molecular complexity index is 1540. The Kier molecular flexibility index (Phi) is 63.7. The standard InChI is InChI=1S/C73H126O6/c1-4-7-10-13-16-19-21-23-25-27-29-30-31-32-33-34-35-36-37-38-39-40-41-42-43-44-45-47-48-50-52-54-57-60-63-66-72(75)78-69-70(68-77-71(74)65-62-59-56-18-15-12-9-6-3)79-73(76)67-64-61-58-55-53-51-49-46-28-26-24-22-20-17-14-11-8-5-2/h7,10,16,19-20,22-23,25-26,28-30,32-33,35-36,70H,4-6,8-9,11-15,17-18,21,24,27,31,34,37-69H2,1-3H3/b10-7-,19-16-,22-20-,25-23-,28-26-,30-29-,33-32-,36-35-. The van der Waals surface area contributed by atoms with Crippen LogP contribution >= 0.6 is 0 Å². The predicted octanol–water partition coefficient (Wildman–Crippen LogP) is 23.2. The van der Waals surface area contributed by atoms with Crippen LogP contribution in [0, 0.1) is 0 Å². The maximum absolute atomic E-state index is 12.9. The molecule has 0 rings (SSSR count). The Morgan fingerprint density at radius 3 is 0.785 bits per heavy atom. The van der Waals surface area contributed by atoms with Crippen molar-refractivity contribution in [1.82, 2.24) is 0 Å². The molecule has 6 heteroatoms. The quantitative estimate of drug-likeness (QED) is 0.0261. The molecular formula is C73H126O6. The van der Waals surface area contributed by atoms with E-state index < -0.39 is 6.10 Å². The third kappa shape index (κ3) is 65.0. The number of esters is 3. The van der Waals surface area contributed by atoms with E-state index in [1.165, 1.54) is 180 Å². The van der Waals surface area contributed by atoms with Gasteiger partial charge in [0, 0.05) is 19.3 Å². The second-order valence-corrected chi connectivity index (χ2v) is 22.4. The molecule has 0 heterocycles. The molecule has 0 aromatic heterocycles. The second kappa shape index (κ2) is 66.8. The Labute approximate surface area is 489 Å². The Morgan fingerprint density at radius 2 is 0.494 bits per heavy atom. The average molecular weight is 1100 g/mol. The zero-order chi connectivity index (χ0) is 57.1. The number of ether oxygens (including phenoxy) is 3. The molecular weight excluding hydrogens is 973 g/mol. The van der Waals surface area contributed by atoms with E-state index >= 15 is 0 Å². The summed E-state index contributed by atoms with van der Waals surface area (Å²) in [6, 6.07) is 0. The van der Waals surface area contributed by atoms with Crippen LogP contribution in [0.3, 0.4) is 0 Å². The molecule has 0 N–H and O–H groups in total. The molecule has 454 valence electrons. The highest BCUT2D eigenvalue weighted by Gasteiger charge is 2.19. The molecule has 6 nitrogen and oxygen atoms in total. The van der Waals surface area contributed by atoms with Gasteiger partial charge in [0.15, 0.2) is 6.10 Å². The van der Waals surface area contributed by atoms with Gasteiger partial charge in [-0.3, -0.25) is 14.4 Å². The summed E-state index contributed by atoms with van der Waals surface area (Å²) in [6.45, 7) is 6.50. The van der Waals surface area contributed by atoms with Crippen LogP contribution < -0.4 is 0 Å². The van der Waals surface area contributed by atoms with Crippen molar-refractivity contribution in [1.29, 1.82) is 0 Å².